The molecule has 0 aliphatic carbocycles. The number of rotatable bonds is 1. The van der Waals surface area contributed by atoms with Gasteiger partial charge in [-0.2, -0.15) is 0 Å². The fraction of sp³-hybridized carbons (Fsp3) is 0.125. The molecule has 0 heterocycles. The molecule has 0 aliphatic rings. The van der Waals surface area contributed by atoms with Crippen molar-refractivity contribution in [3.63, 3.8) is 0 Å². The number of hydrazine groups is 1. The third-order valence-electron chi connectivity index (χ3n) is 1.57. The van der Waals surface area contributed by atoms with Gasteiger partial charge in [-0.3, -0.25) is 0 Å². The van der Waals surface area contributed by atoms with Gasteiger partial charge in [0.05, 0.1) is 0 Å². The standard InChI is InChI=1S/C8H10FN3S/c1-5-4-6(9)2-3-7(5)11-8(13)12-10/h2-4H,10H2,1H3,(H2,11,12,13). The number of anilines is 1. The van der Waals surface area contributed by atoms with Crippen molar-refractivity contribution in [3.8, 4) is 0 Å². The van der Waals surface area contributed by atoms with Crippen LogP contribution in [0.15, 0.2) is 18.2 Å². The van der Waals surface area contributed by atoms with Gasteiger partial charge in [0.15, 0.2) is 5.11 Å². The third-order valence-corrected chi connectivity index (χ3v) is 1.79. The van der Waals surface area contributed by atoms with Crippen molar-refractivity contribution in [2.45, 2.75) is 6.92 Å². The molecule has 0 aliphatic heterocycles. The number of halogens is 1. The van der Waals surface area contributed by atoms with Crippen LogP contribution in [0.2, 0.25) is 0 Å². The van der Waals surface area contributed by atoms with Gasteiger partial charge in [0.2, 0.25) is 0 Å². The summed E-state index contributed by atoms with van der Waals surface area (Å²) >= 11 is 4.79. The Bertz CT molecular complexity index is 327. The SMILES string of the molecule is Cc1cc(F)ccc1NC(=S)NN. The van der Waals surface area contributed by atoms with Crippen molar-refractivity contribution in [1.82, 2.24) is 5.43 Å². The molecule has 0 saturated heterocycles. The van der Waals surface area contributed by atoms with Crippen LogP contribution in [0.4, 0.5) is 10.1 Å². The predicted octanol–water partition coefficient (Wildman–Crippen LogP) is 1.29. The molecule has 0 aromatic heterocycles. The van der Waals surface area contributed by atoms with Crippen LogP contribution < -0.4 is 16.6 Å². The molecule has 0 atom stereocenters. The first-order valence-corrected chi connectivity index (χ1v) is 4.08. The molecule has 0 fully saturated rings. The molecule has 0 unspecified atom stereocenters. The fourth-order valence-electron chi connectivity index (χ4n) is 0.926. The Morgan fingerprint density at radius 2 is 2.23 bits per heavy atom. The van der Waals surface area contributed by atoms with Crippen LogP contribution in [0.3, 0.4) is 0 Å². The van der Waals surface area contributed by atoms with Crippen LogP contribution in [0.5, 0.6) is 0 Å². The zero-order valence-electron chi connectivity index (χ0n) is 7.10. The van der Waals surface area contributed by atoms with Crippen molar-refractivity contribution >= 4 is 23.0 Å². The van der Waals surface area contributed by atoms with Gasteiger partial charge < -0.3 is 10.7 Å². The summed E-state index contributed by atoms with van der Waals surface area (Å²) in [6.45, 7) is 1.78. The first-order valence-electron chi connectivity index (χ1n) is 3.67. The van der Waals surface area contributed by atoms with Crippen LogP contribution in [-0.4, -0.2) is 5.11 Å². The lowest BCUT2D eigenvalue weighted by molar-refractivity contribution is 0.627. The minimum Gasteiger partial charge on any atom is -0.331 e. The van der Waals surface area contributed by atoms with Gasteiger partial charge in [-0.25, -0.2) is 10.2 Å². The summed E-state index contributed by atoms with van der Waals surface area (Å²) in [5.41, 5.74) is 3.80. The molecule has 13 heavy (non-hydrogen) atoms. The largest absolute Gasteiger partial charge is 0.331 e. The Balaban J connectivity index is 2.83. The Kier molecular flexibility index (Phi) is 3.16. The molecule has 0 radical (unpaired) electrons. The van der Waals surface area contributed by atoms with E-state index in [0.717, 1.165) is 11.3 Å². The highest BCUT2D eigenvalue weighted by Crippen LogP contribution is 2.15. The molecule has 0 saturated carbocycles. The average molecular weight is 199 g/mol. The first-order chi connectivity index (χ1) is 6.13. The quantitative estimate of drug-likeness (QED) is 0.362. The van der Waals surface area contributed by atoms with Crippen molar-refractivity contribution < 1.29 is 4.39 Å². The van der Waals surface area contributed by atoms with Crippen molar-refractivity contribution in [1.29, 1.82) is 0 Å². The summed E-state index contributed by atoms with van der Waals surface area (Å²) in [5.74, 6) is 4.80. The third kappa shape index (κ3) is 2.64. The molecule has 5 heteroatoms. The topological polar surface area (TPSA) is 50.1 Å². The van der Waals surface area contributed by atoms with E-state index in [1.54, 1.807) is 13.0 Å². The number of nitrogens with one attached hydrogen (secondary N) is 2. The summed E-state index contributed by atoms with van der Waals surface area (Å²) in [4.78, 5) is 0. The maximum Gasteiger partial charge on any atom is 0.185 e. The molecule has 0 bridgehead atoms. The van der Waals surface area contributed by atoms with Gasteiger partial charge in [-0.1, -0.05) is 0 Å². The van der Waals surface area contributed by atoms with Crippen molar-refractivity contribution in [2.24, 2.45) is 5.84 Å². The Hall–Kier alpha value is -1.20. The van der Waals surface area contributed by atoms with E-state index in [0.29, 0.717) is 5.11 Å². The van der Waals surface area contributed by atoms with E-state index >= 15 is 0 Å². The summed E-state index contributed by atoms with van der Waals surface area (Å²) in [5, 5.41) is 3.12. The highest BCUT2D eigenvalue weighted by Gasteiger charge is 2.00. The molecule has 1 rings (SSSR count). The van der Waals surface area contributed by atoms with Crippen LogP contribution in [0, 0.1) is 12.7 Å². The van der Waals surface area contributed by atoms with Gasteiger partial charge in [0.1, 0.15) is 5.82 Å². The molecule has 1 aromatic carbocycles. The fourth-order valence-corrected chi connectivity index (χ4v) is 1.04. The number of thiocarbonyl (C=S) groups is 1. The van der Waals surface area contributed by atoms with Gasteiger partial charge in [0.25, 0.3) is 0 Å². The van der Waals surface area contributed by atoms with Gasteiger partial charge in [-0.05, 0) is 42.9 Å². The first kappa shape index (κ1) is 9.88. The van der Waals surface area contributed by atoms with Gasteiger partial charge in [-0.15, -0.1) is 0 Å². The van der Waals surface area contributed by atoms with Crippen molar-refractivity contribution in [2.75, 3.05) is 5.32 Å². The minimum absolute atomic E-state index is 0.269. The molecule has 4 N–H and O–H groups in total. The van der Waals surface area contributed by atoms with Crippen molar-refractivity contribution in [3.05, 3.63) is 29.6 Å². The van der Waals surface area contributed by atoms with E-state index in [4.69, 9.17) is 18.1 Å². The number of hydrogen-bond acceptors (Lipinski definition) is 2. The predicted molar refractivity (Wildman–Crippen MR) is 54.7 cm³/mol. The maximum absolute atomic E-state index is 12.7. The molecule has 0 spiro atoms. The second-order valence-corrected chi connectivity index (χ2v) is 2.97. The van der Waals surface area contributed by atoms with E-state index in [9.17, 15) is 4.39 Å². The Labute approximate surface area is 81.1 Å². The van der Waals surface area contributed by atoms with E-state index in [1.165, 1.54) is 12.1 Å². The lowest BCUT2D eigenvalue weighted by Crippen LogP contribution is -2.34. The average Bonchev–Trinajstić information content (AvgIpc) is 2.09. The number of nitrogens with two attached hydrogens (primary N) is 1. The molecule has 70 valence electrons. The molecule has 0 amide bonds. The summed E-state index contributed by atoms with van der Waals surface area (Å²) < 4.78 is 12.7. The van der Waals surface area contributed by atoms with Crippen LogP contribution in [-0.2, 0) is 0 Å². The lowest BCUT2D eigenvalue weighted by Gasteiger charge is -2.09. The van der Waals surface area contributed by atoms with Gasteiger partial charge >= 0.3 is 0 Å². The van der Waals surface area contributed by atoms with Crippen LogP contribution >= 0.6 is 12.2 Å². The minimum atomic E-state index is -0.269. The monoisotopic (exact) mass is 199 g/mol. The number of aryl methyl sites for hydroxylation is 1. The normalized spacial score (nSPS) is 9.46. The molecular formula is C8H10FN3S. The van der Waals surface area contributed by atoms with Crippen LogP contribution in [0.1, 0.15) is 5.56 Å². The smallest absolute Gasteiger partial charge is 0.185 e. The number of hydrogen-bond donors (Lipinski definition) is 3. The van der Waals surface area contributed by atoms with E-state index in [1.807, 2.05) is 0 Å². The van der Waals surface area contributed by atoms with Crippen LogP contribution in [0.25, 0.3) is 0 Å². The number of benzene rings is 1. The highest BCUT2D eigenvalue weighted by molar-refractivity contribution is 7.80. The highest BCUT2D eigenvalue weighted by atomic mass is 32.1. The molecular weight excluding hydrogens is 189 g/mol. The zero-order valence-corrected chi connectivity index (χ0v) is 7.91. The Morgan fingerprint density at radius 1 is 1.54 bits per heavy atom. The second kappa shape index (κ2) is 4.15. The molecule has 3 nitrogen and oxygen atoms in total. The van der Waals surface area contributed by atoms with Gasteiger partial charge in [0, 0.05) is 5.69 Å². The van der Waals surface area contributed by atoms with E-state index < -0.39 is 0 Å². The summed E-state index contributed by atoms with van der Waals surface area (Å²) in [7, 11) is 0. The Morgan fingerprint density at radius 3 is 2.77 bits per heavy atom. The lowest BCUT2D eigenvalue weighted by atomic mass is 10.2. The second-order valence-electron chi connectivity index (χ2n) is 2.56. The summed E-state index contributed by atoms with van der Waals surface area (Å²) in [6, 6.07) is 4.38. The van der Waals surface area contributed by atoms with E-state index in [2.05, 4.69) is 10.7 Å². The van der Waals surface area contributed by atoms with E-state index in [-0.39, 0.29) is 5.82 Å². The maximum atomic E-state index is 12.7. The zero-order chi connectivity index (χ0) is 9.84. The molecule has 1 aromatic rings. The summed E-state index contributed by atoms with van der Waals surface area (Å²) in [6.07, 6.45) is 0.